The van der Waals surface area contributed by atoms with Gasteiger partial charge in [-0.3, -0.25) is 9.58 Å². The molecule has 2 aromatic rings. The van der Waals surface area contributed by atoms with Crippen LogP contribution < -0.4 is 0 Å². The molecule has 3 atom stereocenters. The van der Waals surface area contributed by atoms with E-state index in [0.717, 1.165) is 24.2 Å². The number of benzene rings is 1. The summed E-state index contributed by atoms with van der Waals surface area (Å²) in [5.41, 5.74) is 1.55. The second kappa shape index (κ2) is 6.13. The third-order valence-corrected chi connectivity index (χ3v) is 8.27. The highest BCUT2D eigenvalue weighted by Crippen LogP contribution is 2.47. The van der Waals surface area contributed by atoms with Crippen molar-refractivity contribution in [2.45, 2.75) is 36.5 Å². The van der Waals surface area contributed by atoms with Crippen molar-refractivity contribution in [2.75, 3.05) is 19.6 Å². The molecule has 3 fully saturated rings. The van der Waals surface area contributed by atoms with E-state index in [4.69, 9.17) is 4.74 Å². The summed E-state index contributed by atoms with van der Waals surface area (Å²) in [7, 11) is -1.44. The largest absolute Gasteiger partial charge is 0.366 e. The number of nitrogens with zero attached hydrogens (tertiary/aromatic N) is 4. The minimum absolute atomic E-state index is 0.00549. The SMILES string of the molecule is Cn1cc(CN2C[C@@H]3C[C@@H]4[C@@](C2)(CN(Cc2ccccc2)S4(=O)=O)O3)cn1. The molecule has 1 spiro atoms. The topological polar surface area (TPSA) is 67.7 Å². The van der Waals surface area contributed by atoms with Crippen LogP contribution in [0.2, 0.25) is 0 Å². The summed E-state index contributed by atoms with van der Waals surface area (Å²) in [6, 6.07) is 9.78. The van der Waals surface area contributed by atoms with E-state index >= 15 is 0 Å². The molecule has 0 unspecified atom stereocenters. The monoisotopic (exact) mass is 388 g/mol. The number of ether oxygens (including phenoxy) is 1. The Balaban J connectivity index is 1.38. The Morgan fingerprint density at radius 3 is 2.74 bits per heavy atom. The van der Waals surface area contributed by atoms with E-state index < -0.39 is 20.9 Å². The molecule has 2 bridgehead atoms. The Morgan fingerprint density at radius 2 is 2.00 bits per heavy atom. The van der Waals surface area contributed by atoms with Crippen LogP contribution in [0.15, 0.2) is 42.7 Å². The molecular formula is C19H24N4O3S. The summed E-state index contributed by atoms with van der Waals surface area (Å²) in [6.07, 6.45) is 4.48. The van der Waals surface area contributed by atoms with Crippen LogP contribution in [0.25, 0.3) is 0 Å². The number of hydrogen-bond acceptors (Lipinski definition) is 5. The molecule has 0 aliphatic carbocycles. The second-order valence-electron chi connectivity index (χ2n) is 8.02. The summed E-state index contributed by atoms with van der Waals surface area (Å²) in [5.74, 6) is 0. The Bertz CT molecular complexity index is 945. The lowest BCUT2D eigenvalue weighted by atomic mass is 9.99. The molecule has 0 amide bonds. The molecule has 3 saturated heterocycles. The molecule has 3 aliphatic heterocycles. The molecular weight excluding hydrogens is 364 g/mol. The molecule has 1 aromatic heterocycles. The van der Waals surface area contributed by atoms with Crippen molar-refractivity contribution >= 4 is 10.0 Å². The fraction of sp³-hybridized carbons (Fsp3) is 0.526. The van der Waals surface area contributed by atoms with Crippen molar-refractivity contribution in [2.24, 2.45) is 7.05 Å². The van der Waals surface area contributed by atoms with Crippen LogP contribution in [0.5, 0.6) is 0 Å². The lowest BCUT2D eigenvalue weighted by molar-refractivity contribution is -0.110. The molecule has 4 heterocycles. The van der Waals surface area contributed by atoms with Gasteiger partial charge in [-0.1, -0.05) is 30.3 Å². The Kier molecular flexibility index (Phi) is 3.94. The lowest BCUT2D eigenvalue weighted by Gasteiger charge is -2.39. The average molecular weight is 388 g/mol. The van der Waals surface area contributed by atoms with E-state index in [1.807, 2.05) is 49.8 Å². The molecule has 3 aliphatic rings. The number of aryl methyl sites for hydroxylation is 1. The van der Waals surface area contributed by atoms with Gasteiger partial charge in [0.15, 0.2) is 0 Å². The number of rotatable bonds is 4. The van der Waals surface area contributed by atoms with Gasteiger partial charge in [-0.15, -0.1) is 0 Å². The third-order valence-electron chi connectivity index (χ3n) is 5.95. The normalized spacial score (nSPS) is 32.6. The fourth-order valence-corrected chi connectivity index (χ4v) is 7.20. The van der Waals surface area contributed by atoms with Crippen LogP contribution >= 0.6 is 0 Å². The van der Waals surface area contributed by atoms with E-state index in [-0.39, 0.29) is 6.10 Å². The molecule has 1 aromatic carbocycles. The molecule has 5 rings (SSSR count). The van der Waals surface area contributed by atoms with Gasteiger partial charge >= 0.3 is 0 Å². The maximum absolute atomic E-state index is 13.2. The number of aromatic nitrogens is 2. The predicted octanol–water partition coefficient (Wildman–Crippen LogP) is 0.978. The Morgan fingerprint density at radius 1 is 1.19 bits per heavy atom. The maximum Gasteiger partial charge on any atom is 0.220 e. The minimum Gasteiger partial charge on any atom is -0.366 e. The maximum atomic E-state index is 13.2. The van der Waals surface area contributed by atoms with Gasteiger partial charge in [0.05, 0.1) is 12.3 Å². The smallest absolute Gasteiger partial charge is 0.220 e. The highest BCUT2D eigenvalue weighted by Gasteiger charge is 2.64. The van der Waals surface area contributed by atoms with Gasteiger partial charge in [-0.05, 0) is 12.0 Å². The van der Waals surface area contributed by atoms with Crippen LogP contribution in [-0.2, 0) is 34.9 Å². The first-order valence-corrected chi connectivity index (χ1v) is 10.9. The van der Waals surface area contributed by atoms with E-state index in [1.165, 1.54) is 0 Å². The van der Waals surface area contributed by atoms with E-state index in [1.54, 1.807) is 8.99 Å². The highest BCUT2D eigenvalue weighted by molar-refractivity contribution is 7.90. The van der Waals surface area contributed by atoms with Gasteiger partial charge in [0.2, 0.25) is 10.0 Å². The molecule has 144 valence electrons. The van der Waals surface area contributed by atoms with Gasteiger partial charge < -0.3 is 4.74 Å². The summed E-state index contributed by atoms with van der Waals surface area (Å²) >= 11 is 0. The van der Waals surface area contributed by atoms with Gasteiger partial charge in [-0.2, -0.15) is 9.40 Å². The average Bonchev–Trinajstić information content (AvgIpc) is 3.20. The Hall–Kier alpha value is -1.74. The van der Waals surface area contributed by atoms with E-state index in [2.05, 4.69) is 10.00 Å². The van der Waals surface area contributed by atoms with Crippen molar-refractivity contribution in [3.63, 3.8) is 0 Å². The number of likely N-dealkylation sites (tertiary alicyclic amines) is 1. The summed E-state index contributed by atoms with van der Waals surface area (Å²) in [4.78, 5) is 2.33. The van der Waals surface area contributed by atoms with Crippen LogP contribution in [0.3, 0.4) is 0 Å². The van der Waals surface area contributed by atoms with Crippen molar-refractivity contribution in [3.8, 4) is 0 Å². The fourth-order valence-electron chi connectivity index (χ4n) is 4.91. The summed E-state index contributed by atoms with van der Waals surface area (Å²) in [6.45, 7) is 3.06. The molecule has 27 heavy (non-hydrogen) atoms. The first-order chi connectivity index (χ1) is 12.9. The number of morpholine rings is 1. The first kappa shape index (κ1) is 17.4. The molecule has 0 N–H and O–H groups in total. The quantitative estimate of drug-likeness (QED) is 0.781. The zero-order valence-electron chi connectivity index (χ0n) is 15.4. The Labute approximate surface area is 159 Å². The summed E-state index contributed by atoms with van der Waals surface area (Å²) < 4.78 is 36.1. The molecule has 7 nitrogen and oxygen atoms in total. The molecule has 0 saturated carbocycles. The van der Waals surface area contributed by atoms with E-state index in [0.29, 0.717) is 26.1 Å². The van der Waals surface area contributed by atoms with Crippen molar-refractivity contribution in [1.29, 1.82) is 0 Å². The van der Waals surface area contributed by atoms with Crippen molar-refractivity contribution in [3.05, 3.63) is 53.9 Å². The van der Waals surface area contributed by atoms with Gasteiger partial charge in [0.1, 0.15) is 10.9 Å². The van der Waals surface area contributed by atoms with E-state index in [9.17, 15) is 8.42 Å². The zero-order chi connectivity index (χ0) is 18.6. The lowest BCUT2D eigenvalue weighted by Crippen LogP contribution is -2.54. The van der Waals surface area contributed by atoms with Crippen LogP contribution in [-0.4, -0.2) is 64.0 Å². The van der Waals surface area contributed by atoms with Crippen molar-refractivity contribution < 1.29 is 13.2 Å². The summed E-state index contributed by atoms with van der Waals surface area (Å²) in [5, 5.41) is 3.80. The second-order valence-corrected chi connectivity index (χ2v) is 10.1. The highest BCUT2D eigenvalue weighted by atomic mass is 32.2. The molecule has 0 radical (unpaired) electrons. The van der Waals surface area contributed by atoms with Gasteiger partial charge in [-0.25, -0.2) is 8.42 Å². The number of hydrogen-bond donors (Lipinski definition) is 0. The van der Waals surface area contributed by atoms with Crippen molar-refractivity contribution in [1.82, 2.24) is 19.0 Å². The van der Waals surface area contributed by atoms with Crippen LogP contribution in [0.1, 0.15) is 17.5 Å². The standard InChI is InChI=1S/C19H24N4O3S/c1-21-9-16(8-20-21)10-22-12-17-7-18-19(13-22,26-17)14-23(27(18,24)25)11-15-5-3-2-4-6-15/h2-6,8-9,17-18H,7,10-14H2,1H3/t17-,18+,19+/m0/s1. The number of fused-ring (bicyclic) bond motifs is 1. The third kappa shape index (κ3) is 2.91. The number of sulfonamides is 1. The zero-order valence-corrected chi connectivity index (χ0v) is 16.2. The minimum atomic E-state index is -3.35. The first-order valence-electron chi connectivity index (χ1n) is 9.35. The molecule has 8 heteroatoms. The van der Waals surface area contributed by atoms with Crippen LogP contribution in [0.4, 0.5) is 0 Å². The van der Waals surface area contributed by atoms with Gasteiger partial charge in [0.25, 0.3) is 0 Å². The van der Waals surface area contributed by atoms with Gasteiger partial charge in [0, 0.05) is 51.5 Å². The van der Waals surface area contributed by atoms with Crippen LogP contribution in [0, 0.1) is 0 Å². The predicted molar refractivity (Wildman–Crippen MR) is 100 cm³/mol.